The van der Waals surface area contributed by atoms with Crippen molar-refractivity contribution < 1.29 is 21.6 Å². The lowest BCUT2D eigenvalue weighted by Crippen LogP contribution is -2.44. The summed E-state index contributed by atoms with van der Waals surface area (Å²) in [7, 11) is -1.30. The zero-order chi connectivity index (χ0) is 17.3. The van der Waals surface area contributed by atoms with Crippen LogP contribution in [0.1, 0.15) is 24.0 Å². The van der Waals surface area contributed by atoms with Gasteiger partial charge < -0.3 is 0 Å². The number of halogens is 3. The van der Waals surface area contributed by atoms with Crippen LogP contribution in [0.4, 0.5) is 13.2 Å². The Hall–Kier alpha value is -1.12. The normalized spacial score (nSPS) is 18.5. The molecule has 0 radical (unpaired) electrons. The van der Waals surface area contributed by atoms with Crippen molar-refractivity contribution >= 4 is 10.0 Å². The Morgan fingerprint density at radius 2 is 1.87 bits per heavy atom. The van der Waals surface area contributed by atoms with Crippen LogP contribution in [0.2, 0.25) is 0 Å². The fourth-order valence-electron chi connectivity index (χ4n) is 2.88. The SMILES string of the molecule is CN(Cc1cccc(C(F)(F)F)c1)C1CCN(S(C)(=O)=O)CC1. The van der Waals surface area contributed by atoms with Gasteiger partial charge in [-0.05, 0) is 31.5 Å². The number of benzene rings is 1. The molecule has 0 aliphatic carbocycles. The minimum absolute atomic E-state index is 0.169. The number of nitrogens with zero attached hydrogens (tertiary/aromatic N) is 2. The van der Waals surface area contributed by atoms with Crippen LogP contribution in [0.5, 0.6) is 0 Å². The zero-order valence-corrected chi connectivity index (χ0v) is 14.0. The molecule has 1 fully saturated rings. The van der Waals surface area contributed by atoms with Crippen molar-refractivity contribution in [1.29, 1.82) is 0 Å². The van der Waals surface area contributed by atoms with E-state index in [-0.39, 0.29) is 6.04 Å². The molecule has 8 heteroatoms. The van der Waals surface area contributed by atoms with Gasteiger partial charge in [0.2, 0.25) is 10.0 Å². The highest BCUT2D eigenvalue weighted by Gasteiger charge is 2.31. The van der Waals surface area contributed by atoms with Crippen molar-refractivity contribution in [2.45, 2.75) is 31.6 Å². The van der Waals surface area contributed by atoms with Crippen LogP contribution in [-0.2, 0) is 22.7 Å². The van der Waals surface area contributed by atoms with Crippen LogP contribution < -0.4 is 0 Å². The highest BCUT2D eigenvalue weighted by atomic mass is 32.2. The van der Waals surface area contributed by atoms with Gasteiger partial charge >= 0.3 is 6.18 Å². The molecule has 1 aliphatic rings. The smallest absolute Gasteiger partial charge is 0.299 e. The lowest BCUT2D eigenvalue weighted by atomic mass is 10.0. The summed E-state index contributed by atoms with van der Waals surface area (Å²) >= 11 is 0. The minimum atomic E-state index is -4.34. The number of rotatable bonds is 4. The van der Waals surface area contributed by atoms with Gasteiger partial charge in [0.25, 0.3) is 0 Å². The van der Waals surface area contributed by atoms with Crippen LogP contribution in [0.3, 0.4) is 0 Å². The monoisotopic (exact) mass is 350 g/mol. The molecule has 130 valence electrons. The van der Waals surface area contributed by atoms with E-state index < -0.39 is 21.8 Å². The Bertz CT molecular complexity index is 638. The maximum atomic E-state index is 12.7. The maximum absolute atomic E-state index is 12.7. The average Bonchev–Trinajstić information content (AvgIpc) is 2.46. The first-order valence-corrected chi connectivity index (χ1v) is 9.23. The van der Waals surface area contributed by atoms with Crippen molar-refractivity contribution in [3.8, 4) is 0 Å². The van der Waals surface area contributed by atoms with Crippen molar-refractivity contribution in [3.05, 3.63) is 35.4 Å². The third kappa shape index (κ3) is 4.92. The van der Waals surface area contributed by atoms with Gasteiger partial charge in [-0.25, -0.2) is 12.7 Å². The van der Waals surface area contributed by atoms with Crippen molar-refractivity contribution in [2.24, 2.45) is 0 Å². The second kappa shape index (κ2) is 6.78. The van der Waals surface area contributed by atoms with Gasteiger partial charge in [0, 0.05) is 25.7 Å². The van der Waals surface area contributed by atoms with Gasteiger partial charge in [0.15, 0.2) is 0 Å². The fourth-order valence-corrected chi connectivity index (χ4v) is 3.75. The van der Waals surface area contributed by atoms with E-state index in [0.717, 1.165) is 6.07 Å². The van der Waals surface area contributed by atoms with E-state index in [1.165, 1.54) is 22.7 Å². The van der Waals surface area contributed by atoms with E-state index in [4.69, 9.17) is 0 Å². The van der Waals surface area contributed by atoms with Crippen LogP contribution in [0.25, 0.3) is 0 Å². The summed E-state index contributed by atoms with van der Waals surface area (Å²) in [6.45, 7) is 1.32. The molecular weight excluding hydrogens is 329 g/mol. The van der Waals surface area contributed by atoms with E-state index in [1.54, 1.807) is 6.07 Å². The van der Waals surface area contributed by atoms with E-state index in [2.05, 4.69) is 0 Å². The average molecular weight is 350 g/mol. The van der Waals surface area contributed by atoms with Crippen molar-refractivity contribution in [3.63, 3.8) is 0 Å². The second-order valence-corrected chi connectivity index (χ2v) is 7.99. The Morgan fingerprint density at radius 1 is 1.26 bits per heavy atom. The van der Waals surface area contributed by atoms with Gasteiger partial charge in [-0.3, -0.25) is 4.90 Å². The lowest BCUT2D eigenvalue weighted by Gasteiger charge is -2.35. The predicted octanol–water partition coefficient (Wildman–Crippen LogP) is 2.56. The molecule has 23 heavy (non-hydrogen) atoms. The number of sulfonamides is 1. The highest BCUT2D eigenvalue weighted by Crippen LogP contribution is 2.30. The number of alkyl halides is 3. The van der Waals surface area contributed by atoms with Crippen molar-refractivity contribution in [1.82, 2.24) is 9.21 Å². The molecule has 1 aromatic rings. The molecule has 1 aliphatic heterocycles. The zero-order valence-electron chi connectivity index (χ0n) is 13.2. The second-order valence-electron chi connectivity index (χ2n) is 6.01. The molecule has 1 heterocycles. The molecule has 0 atom stereocenters. The third-order valence-electron chi connectivity index (χ3n) is 4.20. The van der Waals surface area contributed by atoms with E-state index in [1.807, 2.05) is 11.9 Å². The molecule has 0 spiro atoms. The van der Waals surface area contributed by atoms with Crippen LogP contribution in [-0.4, -0.2) is 50.1 Å². The van der Waals surface area contributed by atoms with E-state index in [0.29, 0.717) is 38.0 Å². The van der Waals surface area contributed by atoms with Gasteiger partial charge in [0.05, 0.1) is 11.8 Å². The first-order chi connectivity index (χ1) is 10.6. The topological polar surface area (TPSA) is 40.6 Å². The van der Waals surface area contributed by atoms with Gasteiger partial charge in [-0.1, -0.05) is 18.2 Å². The summed E-state index contributed by atoms with van der Waals surface area (Å²) in [6.07, 6.45) is -1.78. The summed E-state index contributed by atoms with van der Waals surface area (Å²) in [5.41, 5.74) is -0.0387. The molecule has 0 saturated carbocycles. The quantitative estimate of drug-likeness (QED) is 0.838. The molecule has 0 N–H and O–H groups in total. The Balaban J connectivity index is 1.97. The third-order valence-corrected chi connectivity index (χ3v) is 5.51. The van der Waals surface area contributed by atoms with Crippen molar-refractivity contribution in [2.75, 3.05) is 26.4 Å². The Morgan fingerprint density at radius 3 is 2.39 bits per heavy atom. The molecular formula is C15H21F3N2O2S. The summed E-state index contributed by atoms with van der Waals surface area (Å²) in [4.78, 5) is 2.00. The van der Waals surface area contributed by atoms with E-state index in [9.17, 15) is 21.6 Å². The van der Waals surface area contributed by atoms with Crippen LogP contribution >= 0.6 is 0 Å². The lowest BCUT2D eigenvalue weighted by molar-refractivity contribution is -0.137. The highest BCUT2D eigenvalue weighted by molar-refractivity contribution is 7.88. The summed E-state index contributed by atoms with van der Waals surface area (Å²) in [6, 6.07) is 5.49. The molecule has 0 amide bonds. The molecule has 0 unspecified atom stereocenters. The van der Waals surface area contributed by atoms with Crippen LogP contribution in [0.15, 0.2) is 24.3 Å². The maximum Gasteiger partial charge on any atom is 0.416 e. The molecule has 0 aromatic heterocycles. The standard InChI is InChI=1S/C15H21F3N2O2S/c1-19(14-6-8-20(9-7-14)23(2,21)22)11-12-4-3-5-13(10-12)15(16,17)18/h3-5,10,14H,6-9,11H2,1-2H3. The predicted molar refractivity (Wildman–Crippen MR) is 82.3 cm³/mol. The molecule has 1 saturated heterocycles. The molecule has 0 bridgehead atoms. The number of hydrogen-bond donors (Lipinski definition) is 0. The molecule has 4 nitrogen and oxygen atoms in total. The van der Waals surface area contributed by atoms with Gasteiger partial charge in [-0.15, -0.1) is 0 Å². The first kappa shape index (κ1) is 18.2. The first-order valence-electron chi connectivity index (χ1n) is 7.39. The van der Waals surface area contributed by atoms with Crippen LogP contribution in [0, 0.1) is 0 Å². The summed E-state index contributed by atoms with van der Waals surface area (Å²) in [5, 5.41) is 0. The van der Waals surface area contributed by atoms with E-state index >= 15 is 0 Å². The summed E-state index contributed by atoms with van der Waals surface area (Å²) in [5.74, 6) is 0. The molecule has 2 rings (SSSR count). The Labute approximate surface area is 134 Å². The van der Waals surface area contributed by atoms with Gasteiger partial charge in [-0.2, -0.15) is 13.2 Å². The number of piperidine rings is 1. The van der Waals surface area contributed by atoms with Gasteiger partial charge in [0.1, 0.15) is 0 Å². The largest absolute Gasteiger partial charge is 0.416 e. The summed E-state index contributed by atoms with van der Waals surface area (Å²) < 4.78 is 62.6. The number of hydrogen-bond acceptors (Lipinski definition) is 3. The minimum Gasteiger partial charge on any atom is -0.299 e. The molecule has 1 aromatic carbocycles. The fraction of sp³-hybridized carbons (Fsp3) is 0.600. The Kier molecular flexibility index (Phi) is 5.37.